The number of nitrogens with two attached hydrogens (primary N) is 2. The van der Waals surface area contributed by atoms with E-state index in [1.165, 1.54) is 0 Å². The Morgan fingerprint density at radius 2 is 1.33 bits per heavy atom. The first-order valence-electron chi connectivity index (χ1n) is 0.781. The van der Waals surface area contributed by atoms with E-state index in [0.717, 1.165) is 0 Å². The van der Waals surface area contributed by atoms with Gasteiger partial charge in [-0.05, 0) is 12.2 Å². The van der Waals surface area contributed by atoms with Crippen LogP contribution in [0.1, 0.15) is 2.85 Å². The van der Waals surface area contributed by atoms with Crippen LogP contribution in [-0.4, -0.2) is 5.11 Å². The molecule has 0 fully saturated rings. The second-order valence-electron chi connectivity index (χ2n) is 0.402. The van der Waals surface area contributed by atoms with Gasteiger partial charge in [-0.25, -0.2) is 0 Å². The van der Waals surface area contributed by atoms with Crippen molar-refractivity contribution < 1.29 is 62.0 Å². The van der Waals surface area contributed by atoms with Gasteiger partial charge in [0, 0.05) is 0 Å². The van der Waals surface area contributed by atoms with Crippen LogP contribution in [0.4, 0.5) is 0 Å². The second kappa shape index (κ2) is 9.85. The van der Waals surface area contributed by atoms with Gasteiger partial charge in [0.15, 0.2) is 5.11 Å². The molecule has 0 radical (unpaired) electrons. The summed E-state index contributed by atoms with van der Waals surface area (Å²) in [6, 6.07) is 0. The monoisotopic (exact) mass is 124 g/mol. The summed E-state index contributed by atoms with van der Waals surface area (Å²) in [7, 11) is 0. The van der Waals surface area contributed by atoms with E-state index in [1.807, 2.05) is 0 Å². The zero-order valence-corrected chi connectivity index (χ0v) is 8.88. The summed E-state index contributed by atoms with van der Waals surface area (Å²) in [4.78, 5) is 0. The third-order valence-electron chi connectivity index (χ3n) is 0. The zero-order chi connectivity index (χ0) is 3.58. The van der Waals surface area contributed by atoms with Crippen LogP contribution in [0.3, 0.4) is 0 Å². The summed E-state index contributed by atoms with van der Waals surface area (Å²) in [5, 5.41) is 0.000000000000000222. The molecule has 28 valence electrons. The van der Waals surface area contributed by atoms with E-state index < -0.39 is 0 Å². The fraction of sp³-hybridized carbons (Fsp3) is 0. The summed E-state index contributed by atoms with van der Waals surface area (Å²) in [5.41, 5.74) is 9.24. The standard InChI is InChI=1S/CH4N2S.2Na.2H/c2-1(3)4;;;;/h(H4,2,3,4);;;;/q;2*+1;2*-1. The molecule has 0 bridgehead atoms. The molecule has 0 saturated heterocycles. The molecule has 0 unspecified atom stereocenters. The molecule has 0 aliphatic heterocycles. The van der Waals surface area contributed by atoms with Crippen molar-refractivity contribution in [3.63, 3.8) is 0 Å². The van der Waals surface area contributed by atoms with Gasteiger partial charge >= 0.3 is 59.1 Å². The number of rotatable bonds is 0. The Morgan fingerprint density at radius 1 is 1.33 bits per heavy atom. The molecule has 0 amide bonds. The van der Waals surface area contributed by atoms with Crippen LogP contribution >= 0.6 is 12.2 Å². The zero-order valence-electron chi connectivity index (χ0n) is 6.06. The SMILES string of the molecule is NC(N)=S.[H-].[H-].[Na+].[Na+]. The van der Waals surface area contributed by atoms with E-state index in [0.29, 0.717) is 0 Å². The van der Waals surface area contributed by atoms with Crippen molar-refractivity contribution in [3.8, 4) is 0 Å². The second-order valence-corrected chi connectivity index (χ2v) is 0.874. The van der Waals surface area contributed by atoms with E-state index >= 15 is 0 Å². The molecular formula is CH6N2Na2S. The number of hydrogen-bond donors (Lipinski definition) is 2. The first kappa shape index (κ1) is 15.6. The van der Waals surface area contributed by atoms with E-state index in [1.54, 1.807) is 0 Å². The van der Waals surface area contributed by atoms with Gasteiger partial charge in [0.2, 0.25) is 0 Å². The van der Waals surface area contributed by atoms with E-state index in [-0.39, 0.29) is 67.1 Å². The smallest absolute Gasteiger partial charge is 1.00 e. The van der Waals surface area contributed by atoms with Crippen LogP contribution in [0.2, 0.25) is 0 Å². The topological polar surface area (TPSA) is 52.0 Å². The van der Waals surface area contributed by atoms with Gasteiger partial charge in [0.25, 0.3) is 0 Å². The van der Waals surface area contributed by atoms with Crippen molar-refractivity contribution >= 4 is 17.3 Å². The Hall–Kier alpha value is 1.69. The summed E-state index contributed by atoms with van der Waals surface area (Å²) in [5.74, 6) is 0. The van der Waals surface area contributed by atoms with Crippen LogP contribution in [0.15, 0.2) is 0 Å². The Bertz CT molecular complexity index is 41.0. The van der Waals surface area contributed by atoms with E-state index in [4.69, 9.17) is 0 Å². The molecule has 0 aliphatic carbocycles. The van der Waals surface area contributed by atoms with Crippen molar-refractivity contribution in [1.82, 2.24) is 0 Å². The molecule has 0 aromatic rings. The maximum atomic E-state index is 4.62. The van der Waals surface area contributed by atoms with Gasteiger partial charge in [-0.15, -0.1) is 0 Å². The molecule has 0 aliphatic rings. The fourth-order valence-corrected chi connectivity index (χ4v) is 0. The van der Waals surface area contributed by atoms with Crippen molar-refractivity contribution in [3.05, 3.63) is 0 Å². The molecular weight excluding hydrogens is 118 g/mol. The van der Waals surface area contributed by atoms with Crippen LogP contribution in [0, 0.1) is 0 Å². The quantitative estimate of drug-likeness (QED) is 0.249. The minimum atomic E-state index is 0. The largest absolute Gasteiger partial charge is 1.00 e. The maximum absolute atomic E-state index is 4.62. The molecule has 0 atom stereocenters. The van der Waals surface area contributed by atoms with Crippen molar-refractivity contribution in [2.75, 3.05) is 0 Å². The van der Waals surface area contributed by atoms with E-state index in [9.17, 15) is 0 Å². The van der Waals surface area contributed by atoms with Gasteiger partial charge in [-0.2, -0.15) is 0 Å². The summed E-state index contributed by atoms with van der Waals surface area (Å²) < 4.78 is 0. The Labute approximate surface area is 89.6 Å². The molecule has 0 rings (SSSR count). The first-order valence-corrected chi connectivity index (χ1v) is 1.19. The van der Waals surface area contributed by atoms with E-state index in [2.05, 4.69) is 23.7 Å². The minimum absolute atomic E-state index is 0. The average Bonchev–Trinajstić information content (AvgIpc) is 0.811. The molecule has 4 N–H and O–H groups in total. The molecule has 0 saturated carbocycles. The third kappa shape index (κ3) is 43.8. The first-order chi connectivity index (χ1) is 1.73. The van der Waals surface area contributed by atoms with Crippen LogP contribution in [0.25, 0.3) is 0 Å². The van der Waals surface area contributed by atoms with Gasteiger partial charge in [-0.3, -0.25) is 0 Å². The molecule has 2 nitrogen and oxygen atoms in total. The van der Waals surface area contributed by atoms with Gasteiger partial charge in [0.1, 0.15) is 0 Å². The van der Waals surface area contributed by atoms with Gasteiger partial charge < -0.3 is 14.3 Å². The van der Waals surface area contributed by atoms with Gasteiger partial charge in [-0.1, -0.05) is 0 Å². The summed E-state index contributed by atoms with van der Waals surface area (Å²) >= 11 is 4.09. The fourth-order valence-electron chi connectivity index (χ4n) is 0. The Balaban J connectivity index is -0.00000000750. The van der Waals surface area contributed by atoms with Gasteiger partial charge in [0.05, 0.1) is 0 Å². The maximum Gasteiger partial charge on any atom is 1.00 e. The summed E-state index contributed by atoms with van der Waals surface area (Å²) in [6.07, 6.45) is 0. The Morgan fingerprint density at radius 3 is 1.33 bits per heavy atom. The summed E-state index contributed by atoms with van der Waals surface area (Å²) in [6.45, 7) is 0. The van der Waals surface area contributed by atoms with Crippen LogP contribution < -0.4 is 70.6 Å². The van der Waals surface area contributed by atoms with Crippen molar-refractivity contribution in [2.24, 2.45) is 11.5 Å². The number of hydrogen-bond acceptors (Lipinski definition) is 1. The normalized spacial score (nSPS) is 4.00. The number of thiocarbonyl (C=S) groups is 1. The molecule has 6 heavy (non-hydrogen) atoms. The molecule has 5 heteroatoms. The van der Waals surface area contributed by atoms with Crippen molar-refractivity contribution in [1.29, 1.82) is 0 Å². The van der Waals surface area contributed by atoms with Crippen LogP contribution in [-0.2, 0) is 0 Å². The predicted molar refractivity (Wildman–Crippen MR) is 23.2 cm³/mol. The molecule has 0 aromatic carbocycles. The molecule has 0 heterocycles. The Kier molecular flexibility index (Phi) is 25.7. The molecule has 0 aromatic heterocycles. The van der Waals surface area contributed by atoms with Crippen molar-refractivity contribution in [2.45, 2.75) is 0 Å². The third-order valence-corrected chi connectivity index (χ3v) is 0. The average molecular weight is 124 g/mol. The minimum Gasteiger partial charge on any atom is -1.00 e. The molecule has 0 spiro atoms. The van der Waals surface area contributed by atoms with Crippen LogP contribution in [0.5, 0.6) is 0 Å². The predicted octanol–water partition coefficient (Wildman–Crippen LogP) is -6.58.